The van der Waals surface area contributed by atoms with Crippen LogP contribution in [-0.2, 0) is 4.79 Å². The molecule has 0 bridgehead atoms. The summed E-state index contributed by atoms with van der Waals surface area (Å²) in [4.78, 5) is 10.8. The number of amides is 1. The highest BCUT2D eigenvalue weighted by atomic mass is 16.1. The number of hydrogen-bond donors (Lipinski definition) is 1. The van der Waals surface area contributed by atoms with E-state index in [1.165, 1.54) is 12.8 Å². The minimum Gasteiger partial charge on any atom is -0.370 e. The molecule has 2 nitrogen and oxygen atoms in total. The highest BCUT2D eigenvalue weighted by Crippen LogP contribution is 2.37. The number of rotatable bonds is 3. The Bertz CT molecular complexity index is 157. The molecule has 2 heteroatoms. The molecule has 2 N–H and O–H groups in total. The fourth-order valence-electron chi connectivity index (χ4n) is 1.11. The second-order valence-electron chi connectivity index (χ2n) is 2.91. The predicted octanol–water partition coefficient (Wildman–Crippen LogP) is 0.908. The second-order valence-corrected chi connectivity index (χ2v) is 2.91. The maximum atomic E-state index is 10.8. The van der Waals surface area contributed by atoms with E-state index in [0.717, 1.165) is 0 Å². The summed E-state index contributed by atoms with van der Waals surface area (Å²) in [5, 5.41) is 0. The standard InChI is InChI=1S/C7H13NO/c1-5(4-7(8)9)6-2-3-6/h5-6H,2-4H2,1H3,(H2,8,9)/t5-/m0/s1/i/hD2. The summed E-state index contributed by atoms with van der Waals surface area (Å²) < 4.78 is 13.4. The maximum absolute atomic E-state index is 10.8. The molecule has 0 unspecified atom stereocenters. The average molecular weight is 129 g/mol. The first-order valence-corrected chi connectivity index (χ1v) is 3.42. The van der Waals surface area contributed by atoms with E-state index >= 15 is 0 Å². The molecule has 52 valence electrons. The van der Waals surface area contributed by atoms with Gasteiger partial charge in [0.25, 0.3) is 0 Å². The SMILES string of the molecule is [2H]N([2H])C(=O)C[C@H](C)C1CC1. The second kappa shape index (κ2) is 2.38. The highest BCUT2D eigenvalue weighted by molar-refractivity contribution is 5.74. The van der Waals surface area contributed by atoms with Gasteiger partial charge in [-0.05, 0) is 24.7 Å². The summed E-state index contributed by atoms with van der Waals surface area (Å²) in [5.74, 6) is 0.643. The van der Waals surface area contributed by atoms with Gasteiger partial charge in [0.15, 0.2) is 2.82 Å². The fourth-order valence-corrected chi connectivity index (χ4v) is 1.11. The predicted molar refractivity (Wildman–Crippen MR) is 35.7 cm³/mol. The van der Waals surface area contributed by atoms with Crippen LogP contribution in [0.1, 0.15) is 26.2 Å². The summed E-state index contributed by atoms with van der Waals surface area (Å²) in [5.41, 5.74) is 0.179. The molecule has 9 heavy (non-hydrogen) atoms. The van der Waals surface area contributed by atoms with Gasteiger partial charge in [0.1, 0.15) is 0 Å². The van der Waals surface area contributed by atoms with Gasteiger partial charge < -0.3 is 5.72 Å². The lowest BCUT2D eigenvalue weighted by Gasteiger charge is -2.04. The molecule has 0 aromatic rings. The van der Waals surface area contributed by atoms with Gasteiger partial charge in [-0.2, -0.15) is 0 Å². The van der Waals surface area contributed by atoms with Crippen LogP contribution in [0.3, 0.4) is 0 Å². The zero-order chi connectivity index (χ0) is 8.43. The van der Waals surface area contributed by atoms with Gasteiger partial charge in [-0.25, -0.2) is 0 Å². The van der Waals surface area contributed by atoms with Gasteiger partial charge in [0.2, 0.25) is 5.91 Å². The number of carbonyl (C=O) groups excluding carboxylic acids is 1. The normalized spacial score (nSPS) is 24.1. The Kier molecular flexibility index (Phi) is 1.14. The third kappa shape index (κ3) is 2.04. The van der Waals surface area contributed by atoms with Gasteiger partial charge in [-0.3, -0.25) is 4.79 Å². The van der Waals surface area contributed by atoms with Crippen molar-refractivity contribution in [2.24, 2.45) is 17.6 Å². The lowest BCUT2D eigenvalue weighted by molar-refractivity contribution is -0.118. The molecule has 1 rings (SSSR count). The van der Waals surface area contributed by atoms with Gasteiger partial charge in [-0.1, -0.05) is 6.92 Å². The molecule has 1 atom stereocenters. The van der Waals surface area contributed by atoms with Crippen molar-refractivity contribution in [2.75, 3.05) is 0 Å². The zero-order valence-electron chi connectivity index (χ0n) is 7.63. The Labute approximate surface area is 58.4 Å². The molecule has 0 saturated heterocycles. The van der Waals surface area contributed by atoms with Crippen molar-refractivity contribution in [1.29, 1.82) is 0 Å². The summed E-state index contributed by atoms with van der Waals surface area (Å²) in [6, 6.07) is 0. The minimum atomic E-state index is -0.399. The molecule has 0 radical (unpaired) electrons. The van der Waals surface area contributed by atoms with Crippen LogP contribution in [0.2, 0.25) is 2.82 Å². The molecule has 0 spiro atoms. The van der Waals surface area contributed by atoms with Crippen molar-refractivity contribution in [2.45, 2.75) is 26.2 Å². The van der Waals surface area contributed by atoms with E-state index in [2.05, 4.69) is 0 Å². The van der Waals surface area contributed by atoms with Gasteiger partial charge in [0, 0.05) is 6.42 Å². The smallest absolute Gasteiger partial charge is 0.217 e. The van der Waals surface area contributed by atoms with Crippen LogP contribution >= 0.6 is 0 Å². The van der Waals surface area contributed by atoms with E-state index in [1.807, 2.05) is 6.92 Å². The first-order valence-electron chi connectivity index (χ1n) is 4.31. The van der Waals surface area contributed by atoms with Crippen molar-refractivity contribution in [3.63, 3.8) is 0 Å². The Morgan fingerprint density at radius 2 is 2.67 bits per heavy atom. The fraction of sp³-hybridized carbons (Fsp3) is 0.857. The maximum Gasteiger partial charge on any atom is 0.217 e. The summed E-state index contributed by atoms with van der Waals surface area (Å²) in [7, 11) is 0. The van der Waals surface area contributed by atoms with E-state index in [9.17, 15) is 4.79 Å². The lowest BCUT2D eigenvalue weighted by atomic mass is 10.0. The number of nitrogens with two attached hydrogens (primary N) is 1. The molecular weight excluding hydrogens is 114 g/mol. The Morgan fingerprint density at radius 1 is 2.00 bits per heavy atom. The van der Waals surface area contributed by atoms with Crippen molar-refractivity contribution >= 4 is 5.91 Å². The van der Waals surface area contributed by atoms with Gasteiger partial charge in [0.05, 0.1) is 0 Å². The van der Waals surface area contributed by atoms with E-state index in [4.69, 9.17) is 2.82 Å². The zero-order valence-corrected chi connectivity index (χ0v) is 5.63. The first-order chi connectivity index (χ1) is 5.11. The van der Waals surface area contributed by atoms with Crippen molar-refractivity contribution < 1.29 is 7.62 Å². The van der Waals surface area contributed by atoms with E-state index in [-0.39, 0.29) is 5.72 Å². The molecule has 1 amide bonds. The van der Waals surface area contributed by atoms with Crippen molar-refractivity contribution in [1.82, 2.24) is 0 Å². The van der Waals surface area contributed by atoms with Crippen LogP contribution in [0, 0.1) is 11.8 Å². The molecule has 0 aromatic carbocycles. The van der Waals surface area contributed by atoms with Crippen molar-refractivity contribution in [3.05, 3.63) is 0 Å². The molecule has 0 aliphatic heterocycles. The van der Waals surface area contributed by atoms with Crippen molar-refractivity contribution in [3.8, 4) is 0 Å². The largest absolute Gasteiger partial charge is 0.370 e. The van der Waals surface area contributed by atoms with E-state index in [0.29, 0.717) is 18.3 Å². The summed E-state index contributed by atoms with van der Waals surface area (Å²) in [6.45, 7) is 2.01. The van der Waals surface area contributed by atoms with Crippen LogP contribution in [0.15, 0.2) is 0 Å². The van der Waals surface area contributed by atoms with Crippen LogP contribution in [-0.4, -0.2) is 5.91 Å². The molecule has 0 heterocycles. The number of hydrogen-bond acceptors (Lipinski definition) is 1. The average Bonchev–Trinajstić information content (AvgIpc) is 2.67. The third-order valence-electron chi connectivity index (χ3n) is 1.92. The Hall–Kier alpha value is -0.530. The molecule has 0 aromatic heterocycles. The van der Waals surface area contributed by atoms with Crippen LogP contribution in [0.25, 0.3) is 0 Å². The topological polar surface area (TPSA) is 43.1 Å². The van der Waals surface area contributed by atoms with Crippen LogP contribution < -0.4 is 5.72 Å². The third-order valence-corrected chi connectivity index (χ3v) is 1.92. The summed E-state index contributed by atoms with van der Waals surface area (Å²) >= 11 is 0. The quantitative estimate of drug-likeness (QED) is 0.604. The van der Waals surface area contributed by atoms with Gasteiger partial charge >= 0.3 is 0 Å². The molecule has 1 saturated carbocycles. The van der Waals surface area contributed by atoms with Crippen LogP contribution in [0.4, 0.5) is 0 Å². The van der Waals surface area contributed by atoms with Gasteiger partial charge in [-0.15, -0.1) is 0 Å². The molecule has 1 fully saturated rings. The number of primary amides is 1. The molecular formula is C7H13NO. The Morgan fingerprint density at radius 3 is 3.11 bits per heavy atom. The monoisotopic (exact) mass is 129 g/mol. The molecule has 1 aliphatic rings. The lowest BCUT2D eigenvalue weighted by Crippen LogP contribution is -2.15. The van der Waals surface area contributed by atoms with E-state index in [1.54, 1.807) is 0 Å². The molecule has 1 aliphatic carbocycles. The first kappa shape index (κ1) is 4.31. The van der Waals surface area contributed by atoms with E-state index < -0.39 is 5.91 Å². The highest BCUT2D eigenvalue weighted by Gasteiger charge is 2.28. The number of carbonyl (C=O) groups is 1. The summed E-state index contributed by atoms with van der Waals surface area (Å²) in [6.07, 6.45) is 2.78. The van der Waals surface area contributed by atoms with Crippen LogP contribution in [0.5, 0.6) is 0 Å². The minimum absolute atomic E-state index is 0.179. The Balaban J connectivity index is 2.23.